The summed E-state index contributed by atoms with van der Waals surface area (Å²) in [6, 6.07) is 10.7. The Labute approximate surface area is 119 Å². The van der Waals surface area contributed by atoms with Gasteiger partial charge in [0.15, 0.2) is 0 Å². The van der Waals surface area contributed by atoms with Gasteiger partial charge in [-0.1, -0.05) is 30.3 Å². The molecule has 0 saturated carbocycles. The molecule has 0 aliphatic carbocycles. The molecule has 0 bridgehead atoms. The van der Waals surface area contributed by atoms with E-state index in [1.54, 1.807) is 11.3 Å². The van der Waals surface area contributed by atoms with Crippen LogP contribution in [0.1, 0.15) is 29.1 Å². The first-order chi connectivity index (χ1) is 9.34. The first kappa shape index (κ1) is 14.2. The van der Waals surface area contributed by atoms with Gasteiger partial charge in [0.2, 0.25) is 0 Å². The minimum atomic E-state index is 1.04. The van der Waals surface area contributed by atoms with Crippen molar-refractivity contribution in [2.75, 3.05) is 13.1 Å². The standard InChI is InChI=1S/C16H22N2S/c1-14-18-16(13-19-14)10-12-17-11-6-5-9-15-7-3-2-4-8-15/h2-4,7-8,13,17H,5-6,9-12H2,1H3. The van der Waals surface area contributed by atoms with Crippen LogP contribution in [0.3, 0.4) is 0 Å². The average molecular weight is 274 g/mol. The summed E-state index contributed by atoms with van der Waals surface area (Å²) in [7, 11) is 0. The largest absolute Gasteiger partial charge is 0.316 e. The van der Waals surface area contributed by atoms with Crippen LogP contribution in [-0.2, 0) is 12.8 Å². The van der Waals surface area contributed by atoms with Crippen molar-refractivity contribution in [3.63, 3.8) is 0 Å². The number of nitrogens with zero attached hydrogens (tertiary/aromatic N) is 1. The molecule has 0 atom stereocenters. The third-order valence-corrected chi connectivity index (χ3v) is 3.96. The van der Waals surface area contributed by atoms with Gasteiger partial charge >= 0.3 is 0 Å². The lowest BCUT2D eigenvalue weighted by atomic mass is 10.1. The number of thiazole rings is 1. The van der Waals surface area contributed by atoms with Gasteiger partial charge in [0.1, 0.15) is 0 Å². The lowest BCUT2D eigenvalue weighted by Gasteiger charge is -2.04. The lowest BCUT2D eigenvalue weighted by Crippen LogP contribution is -2.18. The van der Waals surface area contributed by atoms with Crippen LogP contribution in [0, 0.1) is 6.92 Å². The van der Waals surface area contributed by atoms with Gasteiger partial charge in [0, 0.05) is 18.3 Å². The Bertz CT molecular complexity index is 465. The van der Waals surface area contributed by atoms with E-state index in [1.165, 1.54) is 30.5 Å². The van der Waals surface area contributed by atoms with Crippen LogP contribution in [0.15, 0.2) is 35.7 Å². The van der Waals surface area contributed by atoms with Crippen molar-refractivity contribution in [1.29, 1.82) is 0 Å². The highest BCUT2D eigenvalue weighted by Gasteiger charge is 1.97. The van der Waals surface area contributed by atoms with Crippen LogP contribution >= 0.6 is 11.3 Å². The average Bonchev–Trinajstić information content (AvgIpc) is 2.85. The highest BCUT2D eigenvalue weighted by molar-refractivity contribution is 7.09. The maximum atomic E-state index is 4.46. The Hall–Kier alpha value is -1.19. The third kappa shape index (κ3) is 5.53. The highest BCUT2D eigenvalue weighted by atomic mass is 32.1. The molecule has 0 aliphatic heterocycles. The number of benzene rings is 1. The first-order valence-corrected chi connectivity index (χ1v) is 7.88. The van der Waals surface area contributed by atoms with Gasteiger partial charge in [-0.15, -0.1) is 11.3 Å². The van der Waals surface area contributed by atoms with Crippen LogP contribution in [-0.4, -0.2) is 18.1 Å². The smallest absolute Gasteiger partial charge is 0.0897 e. The lowest BCUT2D eigenvalue weighted by molar-refractivity contribution is 0.620. The second-order valence-electron chi connectivity index (χ2n) is 4.80. The number of unbranched alkanes of at least 4 members (excludes halogenated alkanes) is 1. The maximum Gasteiger partial charge on any atom is 0.0897 e. The topological polar surface area (TPSA) is 24.9 Å². The van der Waals surface area contributed by atoms with E-state index in [0.29, 0.717) is 0 Å². The van der Waals surface area contributed by atoms with E-state index < -0.39 is 0 Å². The van der Waals surface area contributed by atoms with E-state index in [-0.39, 0.29) is 0 Å². The molecule has 1 aromatic carbocycles. The third-order valence-electron chi connectivity index (χ3n) is 3.14. The molecule has 0 aliphatic rings. The molecule has 2 aromatic rings. The summed E-state index contributed by atoms with van der Waals surface area (Å²) < 4.78 is 0. The predicted molar refractivity (Wildman–Crippen MR) is 82.8 cm³/mol. The Morgan fingerprint density at radius 1 is 1.05 bits per heavy atom. The fourth-order valence-corrected chi connectivity index (χ4v) is 2.74. The van der Waals surface area contributed by atoms with Gasteiger partial charge in [-0.05, 0) is 38.3 Å². The van der Waals surface area contributed by atoms with Crippen molar-refractivity contribution in [3.05, 3.63) is 52.0 Å². The molecule has 0 fully saturated rings. The molecule has 0 spiro atoms. The Morgan fingerprint density at radius 2 is 1.89 bits per heavy atom. The summed E-state index contributed by atoms with van der Waals surface area (Å²) in [6.45, 7) is 4.20. The predicted octanol–water partition coefficient (Wildman–Crippen LogP) is 3.61. The first-order valence-electron chi connectivity index (χ1n) is 7.00. The van der Waals surface area contributed by atoms with Crippen molar-refractivity contribution in [3.8, 4) is 0 Å². The Kier molecular flexibility index (Phi) is 6.05. The van der Waals surface area contributed by atoms with Crippen molar-refractivity contribution in [2.45, 2.75) is 32.6 Å². The summed E-state index contributed by atoms with van der Waals surface area (Å²) in [5, 5.41) is 6.82. The SMILES string of the molecule is Cc1nc(CCNCCCCc2ccccc2)cs1. The van der Waals surface area contributed by atoms with E-state index in [4.69, 9.17) is 0 Å². The van der Waals surface area contributed by atoms with Gasteiger partial charge in [-0.25, -0.2) is 4.98 Å². The van der Waals surface area contributed by atoms with E-state index in [1.807, 2.05) is 0 Å². The molecule has 0 amide bonds. The normalized spacial score (nSPS) is 10.8. The molecule has 2 rings (SSSR count). The second-order valence-corrected chi connectivity index (χ2v) is 5.86. The number of hydrogen-bond acceptors (Lipinski definition) is 3. The van der Waals surface area contributed by atoms with Crippen molar-refractivity contribution in [2.24, 2.45) is 0 Å². The quantitative estimate of drug-likeness (QED) is 0.744. The van der Waals surface area contributed by atoms with E-state index in [0.717, 1.165) is 24.5 Å². The summed E-state index contributed by atoms with van der Waals surface area (Å²) in [5.74, 6) is 0. The molecule has 0 unspecified atom stereocenters. The molecule has 19 heavy (non-hydrogen) atoms. The van der Waals surface area contributed by atoms with Gasteiger partial charge in [0.25, 0.3) is 0 Å². The van der Waals surface area contributed by atoms with E-state index >= 15 is 0 Å². The molecule has 3 heteroatoms. The summed E-state index contributed by atoms with van der Waals surface area (Å²) in [6.07, 6.45) is 4.73. The second kappa shape index (κ2) is 8.08. The fourth-order valence-electron chi connectivity index (χ4n) is 2.09. The van der Waals surface area contributed by atoms with Crippen LogP contribution in [0.2, 0.25) is 0 Å². The summed E-state index contributed by atoms with van der Waals surface area (Å²) in [5.41, 5.74) is 2.67. The van der Waals surface area contributed by atoms with Gasteiger partial charge in [0.05, 0.1) is 10.7 Å². The van der Waals surface area contributed by atoms with E-state index in [2.05, 4.69) is 52.9 Å². The van der Waals surface area contributed by atoms with Gasteiger partial charge < -0.3 is 5.32 Å². The van der Waals surface area contributed by atoms with E-state index in [9.17, 15) is 0 Å². The molecular weight excluding hydrogens is 252 g/mol. The molecular formula is C16H22N2S. The van der Waals surface area contributed by atoms with Crippen LogP contribution in [0.25, 0.3) is 0 Å². The number of aryl methyl sites for hydroxylation is 2. The molecule has 2 nitrogen and oxygen atoms in total. The Morgan fingerprint density at radius 3 is 2.63 bits per heavy atom. The minimum absolute atomic E-state index is 1.04. The molecule has 1 aromatic heterocycles. The van der Waals surface area contributed by atoms with Crippen molar-refractivity contribution in [1.82, 2.24) is 10.3 Å². The zero-order chi connectivity index (χ0) is 13.3. The monoisotopic (exact) mass is 274 g/mol. The molecule has 0 radical (unpaired) electrons. The molecule has 102 valence electrons. The Balaban J connectivity index is 1.48. The van der Waals surface area contributed by atoms with Crippen LogP contribution in [0.5, 0.6) is 0 Å². The van der Waals surface area contributed by atoms with Gasteiger partial charge in [-0.3, -0.25) is 0 Å². The minimum Gasteiger partial charge on any atom is -0.316 e. The molecule has 1 heterocycles. The van der Waals surface area contributed by atoms with Crippen molar-refractivity contribution >= 4 is 11.3 Å². The zero-order valence-corrected chi connectivity index (χ0v) is 12.4. The number of hydrogen-bond donors (Lipinski definition) is 1. The fraction of sp³-hybridized carbons (Fsp3) is 0.438. The molecule has 0 saturated heterocycles. The number of rotatable bonds is 8. The zero-order valence-electron chi connectivity index (χ0n) is 11.6. The van der Waals surface area contributed by atoms with Crippen molar-refractivity contribution < 1.29 is 0 Å². The van der Waals surface area contributed by atoms with Crippen LogP contribution in [0.4, 0.5) is 0 Å². The number of aromatic nitrogens is 1. The number of nitrogens with one attached hydrogen (secondary N) is 1. The summed E-state index contributed by atoms with van der Waals surface area (Å²) in [4.78, 5) is 4.46. The highest BCUT2D eigenvalue weighted by Crippen LogP contribution is 2.08. The van der Waals surface area contributed by atoms with Gasteiger partial charge in [-0.2, -0.15) is 0 Å². The maximum absolute atomic E-state index is 4.46. The molecule has 1 N–H and O–H groups in total. The van der Waals surface area contributed by atoms with Crippen LogP contribution < -0.4 is 5.32 Å². The summed E-state index contributed by atoms with van der Waals surface area (Å²) >= 11 is 1.74.